The Morgan fingerprint density at radius 3 is 2.27 bits per heavy atom. The third-order valence-electron chi connectivity index (χ3n) is 5.16. The number of nitrogens with zero attached hydrogens (tertiary/aromatic N) is 1. The molecule has 1 saturated heterocycles. The molecule has 0 saturated carbocycles. The number of ether oxygens (including phenoxy) is 2. The molecule has 33 heavy (non-hydrogen) atoms. The first-order chi connectivity index (χ1) is 15.8. The number of rotatable bonds is 7. The van der Waals surface area contributed by atoms with E-state index in [0.717, 1.165) is 0 Å². The van der Waals surface area contributed by atoms with Crippen LogP contribution >= 0.6 is 0 Å². The SMILES string of the molecule is COc1ccc(N2CCCCS2(=O)=O)cc1S(=O)(=O)Nc1ccc(Oc2ccccc2)cc1. The van der Waals surface area contributed by atoms with E-state index in [9.17, 15) is 16.8 Å². The molecule has 0 spiro atoms. The summed E-state index contributed by atoms with van der Waals surface area (Å²) in [4.78, 5) is -0.145. The molecule has 0 bridgehead atoms. The highest BCUT2D eigenvalue weighted by Gasteiger charge is 2.28. The molecule has 0 unspecified atom stereocenters. The lowest BCUT2D eigenvalue weighted by Gasteiger charge is -2.28. The van der Waals surface area contributed by atoms with Gasteiger partial charge in [0.2, 0.25) is 10.0 Å². The van der Waals surface area contributed by atoms with E-state index in [-0.39, 0.29) is 16.4 Å². The first-order valence-corrected chi connectivity index (χ1v) is 13.4. The monoisotopic (exact) mass is 488 g/mol. The normalized spacial score (nSPS) is 15.6. The highest BCUT2D eigenvalue weighted by atomic mass is 32.2. The lowest BCUT2D eigenvalue weighted by atomic mass is 10.2. The number of nitrogens with one attached hydrogen (secondary N) is 1. The van der Waals surface area contributed by atoms with Gasteiger partial charge in [-0.25, -0.2) is 16.8 Å². The van der Waals surface area contributed by atoms with E-state index >= 15 is 0 Å². The van der Waals surface area contributed by atoms with Crippen molar-refractivity contribution in [1.82, 2.24) is 0 Å². The van der Waals surface area contributed by atoms with Crippen molar-refractivity contribution in [3.63, 3.8) is 0 Å². The van der Waals surface area contributed by atoms with Gasteiger partial charge in [-0.1, -0.05) is 18.2 Å². The van der Waals surface area contributed by atoms with Crippen molar-refractivity contribution >= 4 is 31.4 Å². The van der Waals surface area contributed by atoms with Crippen LogP contribution in [0.25, 0.3) is 0 Å². The number of methoxy groups -OCH3 is 1. The van der Waals surface area contributed by atoms with Crippen LogP contribution in [-0.2, 0) is 20.0 Å². The number of hydrogen-bond donors (Lipinski definition) is 1. The van der Waals surface area contributed by atoms with Crippen molar-refractivity contribution in [1.29, 1.82) is 0 Å². The minimum atomic E-state index is -4.06. The Bertz CT molecular complexity index is 1330. The van der Waals surface area contributed by atoms with Crippen LogP contribution in [-0.4, -0.2) is 36.2 Å². The molecule has 0 atom stereocenters. The molecule has 10 heteroatoms. The molecule has 0 aliphatic carbocycles. The Hall–Kier alpha value is -3.24. The molecular formula is C23H24N2O6S2. The summed E-state index contributed by atoms with van der Waals surface area (Å²) in [6.07, 6.45) is 1.30. The Morgan fingerprint density at radius 2 is 1.61 bits per heavy atom. The van der Waals surface area contributed by atoms with Gasteiger partial charge in [0.05, 0.1) is 18.6 Å². The fourth-order valence-corrected chi connectivity index (χ4v) is 6.41. The molecule has 3 aromatic carbocycles. The third kappa shape index (κ3) is 5.23. The van der Waals surface area contributed by atoms with Crippen molar-refractivity contribution in [3.8, 4) is 17.2 Å². The van der Waals surface area contributed by atoms with Crippen molar-refractivity contribution in [2.75, 3.05) is 28.4 Å². The smallest absolute Gasteiger partial charge is 0.265 e. The quantitative estimate of drug-likeness (QED) is 0.534. The van der Waals surface area contributed by atoms with Crippen LogP contribution in [0.4, 0.5) is 11.4 Å². The van der Waals surface area contributed by atoms with Gasteiger partial charge in [0.1, 0.15) is 22.1 Å². The molecule has 8 nitrogen and oxygen atoms in total. The van der Waals surface area contributed by atoms with E-state index in [4.69, 9.17) is 9.47 Å². The zero-order valence-electron chi connectivity index (χ0n) is 18.0. The number of anilines is 2. The van der Waals surface area contributed by atoms with Gasteiger partial charge < -0.3 is 9.47 Å². The summed E-state index contributed by atoms with van der Waals surface area (Å²) in [6.45, 7) is 0.310. The van der Waals surface area contributed by atoms with E-state index in [1.165, 1.54) is 23.5 Å². The van der Waals surface area contributed by atoms with Crippen molar-refractivity contribution in [3.05, 3.63) is 72.8 Å². The molecule has 0 aromatic heterocycles. The average molecular weight is 489 g/mol. The maximum absolute atomic E-state index is 13.2. The Balaban J connectivity index is 1.58. The van der Waals surface area contributed by atoms with Crippen LogP contribution < -0.4 is 18.5 Å². The zero-order valence-corrected chi connectivity index (χ0v) is 19.6. The predicted octanol–water partition coefficient (Wildman–Crippen LogP) is 4.22. The Kier molecular flexibility index (Phi) is 6.48. The first kappa shape index (κ1) is 22.9. The lowest BCUT2D eigenvalue weighted by molar-refractivity contribution is 0.403. The molecule has 174 valence electrons. The summed E-state index contributed by atoms with van der Waals surface area (Å²) in [5, 5.41) is 0. The van der Waals surface area contributed by atoms with Crippen LogP contribution in [0, 0.1) is 0 Å². The third-order valence-corrected chi connectivity index (χ3v) is 8.43. The van der Waals surface area contributed by atoms with Crippen LogP contribution in [0.2, 0.25) is 0 Å². The maximum atomic E-state index is 13.2. The molecule has 0 radical (unpaired) electrons. The fraction of sp³-hybridized carbons (Fsp3) is 0.217. The van der Waals surface area contributed by atoms with Crippen LogP contribution in [0.15, 0.2) is 77.7 Å². The van der Waals surface area contributed by atoms with Gasteiger partial charge in [0.15, 0.2) is 0 Å². The van der Waals surface area contributed by atoms with Gasteiger partial charge in [0, 0.05) is 12.2 Å². The summed E-state index contributed by atoms with van der Waals surface area (Å²) in [6, 6.07) is 20.0. The van der Waals surface area contributed by atoms with E-state index in [1.807, 2.05) is 30.3 Å². The van der Waals surface area contributed by atoms with Gasteiger partial charge in [0.25, 0.3) is 10.0 Å². The summed E-state index contributed by atoms with van der Waals surface area (Å²) in [7, 11) is -6.19. The van der Waals surface area contributed by atoms with Gasteiger partial charge >= 0.3 is 0 Å². The summed E-state index contributed by atoms with van der Waals surface area (Å²) < 4.78 is 66.0. The van der Waals surface area contributed by atoms with Crippen LogP contribution in [0.5, 0.6) is 17.2 Å². The highest BCUT2D eigenvalue weighted by molar-refractivity contribution is 7.93. The Morgan fingerprint density at radius 1 is 0.909 bits per heavy atom. The molecule has 1 aliphatic heterocycles. The van der Waals surface area contributed by atoms with Gasteiger partial charge in [-0.05, 0) is 67.4 Å². The first-order valence-electron chi connectivity index (χ1n) is 10.3. The number of para-hydroxylation sites is 1. The van der Waals surface area contributed by atoms with Gasteiger partial charge in [-0.3, -0.25) is 9.03 Å². The van der Waals surface area contributed by atoms with Crippen molar-refractivity contribution in [2.45, 2.75) is 17.7 Å². The second-order valence-corrected chi connectivity index (χ2v) is 11.1. The van der Waals surface area contributed by atoms with E-state index in [0.29, 0.717) is 42.3 Å². The molecule has 4 rings (SSSR count). The predicted molar refractivity (Wildman–Crippen MR) is 127 cm³/mol. The summed E-state index contributed by atoms with van der Waals surface area (Å²) >= 11 is 0. The maximum Gasteiger partial charge on any atom is 0.265 e. The van der Waals surface area contributed by atoms with Gasteiger partial charge in [-0.15, -0.1) is 0 Å². The van der Waals surface area contributed by atoms with E-state index < -0.39 is 20.0 Å². The topological polar surface area (TPSA) is 102 Å². The molecule has 3 aromatic rings. The molecule has 1 fully saturated rings. The molecule has 1 N–H and O–H groups in total. The van der Waals surface area contributed by atoms with Crippen molar-refractivity contribution < 1.29 is 26.3 Å². The van der Waals surface area contributed by atoms with E-state index in [2.05, 4.69) is 4.72 Å². The Labute approximate surface area is 193 Å². The average Bonchev–Trinajstić information content (AvgIpc) is 2.80. The number of sulfonamides is 2. The summed E-state index contributed by atoms with van der Waals surface area (Å²) in [5.41, 5.74) is 0.621. The minimum Gasteiger partial charge on any atom is -0.495 e. The number of hydrogen-bond acceptors (Lipinski definition) is 6. The van der Waals surface area contributed by atoms with Crippen LogP contribution in [0.1, 0.15) is 12.8 Å². The van der Waals surface area contributed by atoms with Crippen LogP contribution in [0.3, 0.4) is 0 Å². The second kappa shape index (κ2) is 9.32. The van der Waals surface area contributed by atoms with Crippen molar-refractivity contribution in [2.24, 2.45) is 0 Å². The largest absolute Gasteiger partial charge is 0.495 e. The zero-order chi connectivity index (χ0) is 23.5. The second-order valence-electron chi connectivity index (χ2n) is 7.48. The number of benzene rings is 3. The molecule has 0 amide bonds. The molecular weight excluding hydrogens is 464 g/mol. The fourth-order valence-electron chi connectivity index (χ4n) is 3.54. The minimum absolute atomic E-state index is 0.0385. The molecule has 1 aliphatic rings. The molecule has 1 heterocycles. The lowest BCUT2D eigenvalue weighted by Crippen LogP contribution is -2.37. The summed E-state index contributed by atoms with van der Waals surface area (Å²) in [5.74, 6) is 1.38. The van der Waals surface area contributed by atoms with E-state index in [1.54, 1.807) is 30.3 Å². The standard InChI is InChI=1S/C23H24N2O6S2/c1-30-22-14-11-19(25-15-5-6-16-32(25,26)27)17-23(22)33(28,29)24-18-9-12-21(13-10-18)31-20-7-3-2-4-8-20/h2-4,7-14,17,24H,5-6,15-16H2,1H3. The highest BCUT2D eigenvalue weighted by Crippen LogP contribution is 2.33. The van der Waals surface area contributed by atoms with Gasteiger partial charge in [-0.2, -0.15) is 0 Å².